The van der Waals surface area contributed by atoms with Gasteiger partial charge in [-0.15, -0.1) is 0 Å². The standard InChI is InChI=1S/C22H19ClF2N6O/c1-9(2)10(3)17-20(25)19(23)18(12-5-27-30-21(12)17)14-7-31-8-15(28-16(31)6-26-14)29-22(32)11-4-13(11)24/h5-9,11,13H,3-4H2,1-2H3,(H,27,30)(H,29,32)/t11-,13+/m1/s1. The fourth-order valence-corrected chi connectivity index (χ4v) is 3.99. The Morgan fingerprint density at radius 2 is 2.12 bits per heavy atom. The first-order chi connectivity index (χ1) is 15.3. The summed E-state index contributed by atoms with van der Waals surface area (Å²) >= 11 is 6.48. The first kappa shape index (κ1) is 20.6. The van der Waals surface area contributed by atoms with Crippen molar-refractivity contribution in [1.82, 2.24) is 24.6 Å². The van der Waals surface area contributed by atoms with E-state index >= 15 is 4.39 Å². The van der Waals surface area contributed by atoms with E-state index in [-0.39, 0.29) is 23.2 Å². The number of fused-ring (bicyclic) bond motifs is 2. The molecule has 1 aromatic carbocycles. The van der Waals surface area contributed by atoms with Crippen LogP contribution in [0.1, 0.15) is 25.8 Å². The van der Waals surface area contributed by atoms with Crippen molar-refractivity contribution in [2.45, 2.75) is 26.4 Å². The summed E-state index contributed by atoms with van der Waals surface area (Å²) in [5, 5.41) is 10.1. The molecule has 1 aliphatic rings. The first-order valence-corrected chi connectivity index (χ1v) is 10.5. The van der Waals surface area contributed by atoms with Crippen molar-refractivity contribution in [3.05, 3.63) is 47.8 Å². The average molecular weight is 457 g/mol. The monoisotopic (exact) mass is 456 g/mol. The summed E-state index contributed by atoms with van der Waals surface area (Å²) in [6.07, 6.45) is 5.42. The normalized spacial score (nSPS) is 17.9. The zero-order valence-corrected chi connectivity index (χ0v) is 18.0. The molecule has 0 unspecified atom stereocenters. The Morgan fingerprint density at radius 1 is 1.38 bits per heavy atom. The van der Waals surface area contributed by atoms with Crippen LogP contribution in [0, 0.1) is 17.7 Å². The molecule has 0 saturated heterocycles. The van der Waals surface area contributed by atoms with Gasteiger partial charge >= 0.3 is 0 Å². The third-order valence-corrected chi connectivity index (χ3v) is 6.06. The number of carbonyl (C=O) groups excluding carboxylic acids is 1. The molecular weight excluding hydrogens is 438 g/mol. The van der Waals surface area contributed by atoms with E-state index in [0.29, 0.717) is 38.9 Å². The van der Waals surface area contributed by atoms with Gasteiger partial charge in [-0.25, -0.2) is 13.8 Å². The van der Waals surface area contributed by atoms with Crippen LogP contribution in [0.3, 0.4) is 0 Å². The van der Waals surface area contributed by atoms with Crippen LogP contribution in [0.4, 0.5) is 14.6 Å². The van der Waals surface area contributed by atoms with Gasteiger partial charge in [-0.2, -0.15) is 5.10 Å². The Bertz CT molecular complexity index is 1410. The van der Waals surface area contributed by atoms with Crippen molar-refractivity contribution in [2.24, 2.45) is 11.8 Å². The summed E-state index contributed by atoms with van der Waals surface area (Å²) in [5.74, 6) is -1.33. The van der Waals surface area contributed by atoms with Gasteiger partial charge in [0.1, 0.15) is 6.17 Å². The number of carbonyl (C=O) groups is 1. The number of aromatic amines is 1. The van der Waals surface area contributed by atoms with E-state index in [0.717, 1.165) is 0 Å². The third-order valence-electron chi connectivity index (χ3n) is 5.71. The molecule has 164 valence electrons. The zero-order valence-electron chi connectivity index (χ0n) is 17.3. The van der Waals surface area contributed by atoms with Crippen LogP contribution in [-0.2, 0) is 4.79 Å². The quantitative estimate of drug-likeness (QED) is 0.441. The highest BCUT2D eigenvalue weighted by Gasteiger charge is 2.43. The Balaban J connectivity index is 1.59. The molecule has 1 saturated carbocycles. The summed E-state index contributed by atoms with van der Waals surface area (Å²) in [7, 11) is 0. The number of hydrogen-bond donors (Lipinski definition) is 2. The van der Waals surface area contributed by atoms with E-state index in [4.69, 9.17) is 11.6 Å². The zero-order chi connectivity index (χ0) is 22.7. The van der Waals surface area contributed by atoms with Crippen molar-refractivity contribution >= 4 is 45.4 Å². The van der Waals surface area contributed by atoms with Crippen molar-refractivity contribution in [2.75, 3.05) is 5.32 Å². The van der Waals surface area contributed by atoms with Crippen LogP contribution in [0.5, 0.6) is 0 Å². The number of hydrogen-bond acceptors (Lipinski definition) is 4. The maximum Gasteiger partial charge on any atom is 0.231 e. The van der Waals surface area contributed by atoms with E-state index in [1.165, 1.54) is 6.20 Å². The molecule has 0 aliphatic heterocycles. The predicted octanol–water partition coefficient (Wildman–Crippen LogP) is 5.03. The van der Waals surface area contributed by atoms with Crippen LogP contribution in [-0.4, -0.2) is 36.6 Å². The Morgan fingerprint density at radius 3 is 2.81 bits per heavy atom. The Kier molecular flexibility index (Phi) is 4.74. The molecule has 4 aromatic rings. The molecule has 1 aliphatic carbocycles. The molecule has 7 nitrogen and oxygen atoms in total. The molecule has 1 fully saturated rings. The van der Waals surface area contributed by atoms with Crippen LogP contribution < -0.4 is 5.32 Å². The maximum atomic E-state index is 15.4. The van der Waals surface area contributed by atoms with E-state index in [1.54, 1.807) is 23.0 Å². The smallest absolute Gasteiger partial charge is 0.231 e. The molecule has 0 bridgehead atoms. The van der Waals surface area contributed by atoms with E-state index in [1.807, 2.05) is 13.8 Å². The van der Waals surface area contributed by atoms with Gasteiger partial charge in [0.05, 0.1) is 40.7 Å². The predicted molar refractivity (Wildman–Crippen MR) is 119 cm³/mol. The van der Waals surface area contributed by atoms with Crippen molar-refractivity contribution in [3.63, 3.8) is 0 Å². The largest absolute Gasteiger partial charge is 0.309 e. The van der Waals surface area contributed by atoms with Gasteiger partial charge in [-0.1, -0.05) is 32.0 Å². The molecule has 1 amide bonds. The average Bonchev–Trinajstić information content (AvgIpc) is 3.11. The molecule has 0 spiro atoms. The number of amides is 1. The number of alkyl halides is 1. The van der Waals surface area contributed by atoms with Crippen LogP contribution >= 0.6 is 11.6 Å². The molecule has 5 rings (SSSR count). The molecular formula is C22H19ClF2N6O. The van der Waals surface area contributed by atoms with Gasteiger partial charge in [0.25, 0.3) is 0 Å². The number of anilines is 1. The molecule has 10 heteroatoms. The lowest BCUT2D eigenvalue weighted by molar-refractivity contribution is -0.117. The number of benzene rings is 1. The van der Waals surface area contributed by atoms with Gasteiger partial charge < -0.3 is 9.72 Å². The number of imidazole rings is 1. The van der Waals surface area contributed by atoms with E-state index in [2.05, 4.69) is 32.1 Å². The number of rotatable bonds is 5. The molecule has 3 aromatic heterocycles. The minimum Gasteiger partial charge on any atom is -0.309 e. The fourth-order valence-electron chi connectivity index (χ4n) is 3.70. The fraction of sp³-hybridized carbons (Fsp3) is 0.273. The van der Waals surface area contributed by atoms with Gasteiger partial charge in [-0.05, 0) is 17.9 Å². The number of nitrogens with zero attached hydrogens (tertiary/aromatic N) is 4. The van der Waals surface area contributed by atoms with Crippen LogP contribution in [0.15, 0.2) is 31.4 Å². The summed E-state index contributed by atoms with van der Waals surface area (Å²) in [5.41, 5.74) is 2.65. The van der Waals surface area contributed by atoms with Crippen LogP contribution in [0.2, 0.25) is 5.02 Å². The third kappa shape index (κ3) is 3.24. The highest BCUT2D eigenvalue weighted by molar-refractivity contribution is 6.35. The van der Waals surface area contributed by atoms with E-state index < -0.39 is 23.8 Å². The Hall–Kier alpha value is -3.33. The molecule has 2 atom stereocenters. The lowest BCUT2D eigenvalue weighted by atomic mass is 9.92. The van der Waals surface area contributed by atoms with Gasteiger partial charge in [0.2, 0.25) is 5.91 Å². The van der Waals surface area contributed by atoms with Crippen molar-refractivity contribution in [3.8, 4) is 11.3 Å². The molecule has 2 N–H and O–H groups in total. The molecule has 3 heterocycles. The van der Waals surface area contributed by atoms with Crippen molar-refractivity contribution < 1.29 is 13.6 Å². The van der Waals surface area contributed by atoms with Gasteiger partial charge in [0, 0.05) is 22.7 Å². The summed E-state index contributed by atoms with van der Waals surface area (Å²) in [4.78, 5) is 20.7. The second kappa shape index (κ2) is 7.37. The summed E-state index contributed by atoms with van der Waals surface area (Å²) in [6.45, 7) is 7.86. The van der Waals surface area contributed by atoms with Gasteiger partial charge in [0.15, 0.2) is 17.3 Å². The lowest BCUT2D eigenvalue weighted by Gasteiger charge is -2.16. The first-order valence-electron chi connectivity index (χ1n) is 10.1. The number of halogens is 3. The second-order valence-corrected chi connectivity index (χ2v) is 8.61. The topological polar surface area (TPSA) is 88.0 Å². The Labute approximate surface area is 186 Å². The maximum absolute atomic E-state index is 15.4. The minimum atomic E-state index is -1.09. The number of H-pyrrole nitrogens is 1. The SMILES string of the molecule is C=C(c1c(F)c(Cl)c(-c2cn3cc(NC(=O)[C@@H]4C[C@@H]4F)nc3cn2)c2cn[nH]c12)C(C)C. The van der Waals surface area contributed by atoms with Crippen LogP contribution in [0.25, 0.3) is 33.4 Å². The second-order valence-electron chi connectivity index (χ2n) is 8.23. The molecule has 0 radical (unpaired) electrons. The summed E-state index contributed by atoms with van der Waals surface area (Å²) in [6, 6.07) is 0. The number of allylic oxidation sites excluding steroid dienone is 1. The highest BCUT2D eigenvalue weighted by Crippen LogP contribution is 2.41. The van der Waals surface area contributed by atoms with Gasteiger partial charge in [-0.3, -0.25) is 14.9 Å². The lowest BCUT2D eigenvalue weighted by Crippen LogP contribution is -2.15. The molecule has 32 heavy (non-hydrogen) atoms. The minimum absolute atomic E-state index is 0.00952. The highest BCUT2D eigenvalue weighted by atomic mass is 35.5. The number of nitrogens with one attached hydrogen (secondary N) is 2. The van der Waals surface area contributed by atoms with Crippen molar-refractivity contribution in [1.29, 1.82) is 0 Å². The van der Waals surface area contributed by atoms with E-state index in [9.17, 15) is 9.18 Å². The number of aromatic nitrogens is 5. The summed E-state index contributed by atoms with van der Waals surface area (Å²) < 4.78 is 30.1.